The van der Waals surface area contributed by atoms with Crippen LogP contribution in [0.2, 0.25) is 0 Å². The number of carboxylic acid groups (broad SMARTS) is 1. The monoisotopic (exact) mass is 708 g/mol. The second kappa shape index (κ2) is 14.8. The van der Waals surface area contributed by atoms with Crippen molar-refractivity contribution >= 4 is 65.6 Å². The van der Waals surface area contributed by atoms with Crippen molar-refractivity contribution in [2.45, 2.75) is 14.7 Å². The molecule has 0 aromatic heterocycles. The minimum Gasteiger partial charge on any atom is -0.504 e. The Labute approximate surface area is 258 Å². The van der Waals surface area contributed by atoms with E-state index in [1.807, 2.05) is 0 Å². The number of nitrogens with one attached hydrogen (secondary N) is 1. The summed E-state index contributed by atoms with van der Waals surface area (Å²) < 4.78 is 97.4. The van der Waals surface area contributed by atoms with Gasteiger partial charge in [0.25, 0.3) is 10.1 Å². The Balaban J connectivity index is 2.10. The number of aromatic hydroxyl groups is 1. The van der Waals surface area contributed by atoms with Gasteiger partial charge in [0.2, 0.25) is 5.84 Å². The van der Waals surface area contributed by atoms with Gasteiger partial charge in [0, 0.05) is 10.5 Å². The van der Waals surface area contributed by atoms with Gasteiger partial charge in [0.1, 0.15) is 16.3 Å². The maximum Gasteiger partial charge on any atom is 0.397 e. The van der Waals surface area contributed by atoms with Gasteiger partial charge in [-0.05, 0) is 30.3 Å². The summed E-state index contributed by atoms with van der Waals surface area (Å²) in [6, 6.07) is 12.5. The number of amidine groups is 1. The van der Waals surface area contributed by atoms with Gasteiger partial charge in [-0.3, -0.25) is 14.5 Å². The third-order valence-electron chi connectivity index (χ3n) is 5.20. The second-order valence-corrected chi connectivity index (χ2v) is 13.5. The highest BCUT2D eigenvalue weighted by atomic mass is 32.3. The Morgan fingerprint density at radius 2 is 1.64 bits per heavy atom. The van der Waals surface area contributed by atoms with Crippen LogP contribution in [-0.2, 0) is 43.9 Å². The molecule has 6 N–H and O–H groups in total. The van der Waals surface area contributed by atoms with Crippen molar-refractivity contribution < 1.29 is 68.2 Å². The summed E-state index contributed by atoms with van der Waals surface area (Å²) in [5, 5.41) is 43.7. The van der Waals surface area contributed by atoms with E-state index in [0.717, 1.165) is 6.07 Å². The molecular formula is C22H20N4O15S4. The van der Waals surface area contributed by atoms with Gasteiger partial charge in [-0.25, -0.2) is 22.7 Å². The molecule has 0 bridgehead atoms. The Morgan fingerprint density at radius 1 is 0.956 bits per heavy atom. The van der Waals surface area contributed by atoms with E-state index in [-0.39, 0.29) is 27.5 Å². The summed E-state index contributed by atoms with van der Waals surface area (Å²) >= 11 is 0.501. The topological polar surface area (TPSA) is 297 Å². The van der Waals surface area contributed by atoms with Gasteiger partial charge < -0.3 is 10.2 Å². The molecule has 0 fully saturated rings. The fourth-order valence-electron chi connectivity index (χ4n) is 3.24. The predicted octanol–water partition coefficient (Wildman–Crippen LogP) is 2.92. The zero-order valence-electron chi connectivity index (χ0n) is 22.0. The van der Waals surface area contributed by atoms with Crippen LogP contribution in [0.25, 0.3) is 0 Å². The Kier molecular flexibility index (Phi) is 11.7. The minimum atomic E-state index is -5.25. The molecule has 3 aromatic carbocycles. The van der Waals surface area contributed by atoms with Crippen LogP contribution in [-0.4, -0.2) is 74.0 Å². The molecule has 3 rings (SSSR count). The fraction of sp³-hybridized carbons (Fsp3) is 0.0909. The molecule has 242 valence electrons. The van der Waals surface area contributed by atoms with E-state index in [4.69, 9.17) is 9.81 Å². The van der Waals surface area contributed by atoms with Gasteiger partial charge in [0.05, 0.1) is 34.9 Å². The molecule has 0 radical (unpaired) electrons. The van der Waals surface area contributed by atoms with Crippen molar-refractivity contribution in [1.82, 2.24) is 0 Å². The molecule has 19 nitrogen and oxygen atoms in total. The molecule has 3 aromatic rings. The van der Waals surface area contributed by atoms with Crippen molar-refractivity contribution in [3.8, 4) is 5.75 Å². The fourth-order valence-corrected chi connectivity index (χ4v) is 5.87. The Hall–Kier alpha value is -4.04. The number of azo groups is 1. The molecule has 0 aliphatic heterocycles. The summed E-state index contributed by atoms with van der Waals surface area (Å²) in [7, 11) is -14.8. The number of rotatable bonds is 14. The average molecular weight is 709 g/mol. The normalized spacial score (nSPS) is 12.8. The highest BCUT2D eigenvalue weighted by Crippen LogP contribution is 2.35. The molecule has 45 heavy (non-hydrogen) atoms. The van der Waals surface area contributed by atoms with Gasteiger partial charge in [-0.1, -0.05) is 35.4 Å². The van der Waals surface area contributed by atoms with E-state index < -0.39 is 69.9 Å². The number of carbonyl (C=O) groups is 1. The lowest BCUT2D eigenvalue weighted by Crippen LogP contribution is -2.16. The van der Waals surface area contributed by atoms with Crippen LogP contribution in [0.4, 0.5) is 11.4 Å². The van der Waals surface area contributed by atoms with E-state index in [9.17, 15) is 44.8 Å². The molecule has 0 saturated carbocycles. The zero-order chi connectivity index (χ0) is 33.4. The van der Waals surface area contributed by atoms with Gasteiger partial charge >= 0.3 is 16.4 Å². The molecular weight excluding hydrogens is 689 g/mol. The minimum absolute atomic E-state index is 0.224. The highest BCUT2D eigenvalue weighted by molar-refractivity contribution is 7.94. The van der Waals surface area contributed by atoms with Crippen molar-refractivity contribution in [2.24, 2.45) is 15.3 Å². The number of carboxylic acids is 1. The first-order chi connectivity index (χ1) is 21.0. The first kappa shape index (κ1) is 35.4. The van der Waals surface area contributed by atoms with E-state index in [1.54, 1.807) is 18.2 Å². The molecule has 0 amide bonds. The van der Waals surface area contributed by atoms with Crippen LogP contribution in [0.3, 0.4) is 0 Å². The number of hydrogen-bond acceptors (Lipinski definition) is 16. The maximum absolute atomic E-state index is 12.8. The summed E-state index contributed by atoms with van der Waals surface area (Å²) in [4.78, 5) is 9.82. The third-order valence-corrected chi connectivity index (χ3v) is 8.76. The number of aromatic carboxylic acids is 1. The first-order valence-corrected chi connectivity index (χ1v) is 16.7. The molecule has 0 aliphatic carbocycles. The molecule has 23 heteroatoms. The SMILES string of the molecule is O=C(O)c1ccc(SOOO)cc1N=NC(=NNc1cc(S(=O)(=O)CCOS(=O)(=O)O)cc(S(=O)(=O)O)c1O)c1ccccc1. The van der Waals surface area contributed by atoms with Crippen LogP contribution in [0.15, 0.2) is 90.7 Å². The predicted molar refractivity (Wildman–Crippen MR) is 153 cm³/mol. The van der Waals surface area contributed by atoms with E-state index in [1.165, 1.54) is 24.3 Å². The van der Waals surface area contributed by atoms with E-state index in [2.05, 4.69) is 34.3 Å². The number of nitrogens with zero attached hydrogens (tertiary/aromatic N) is 3. The summed E-state index contributed by atoms with van der Waals surface area (Å²) in [5.41, 5.74) is 1.21. The molecule has 0 unspecified atom stereocenters. The smallest absolute Gasteiger partial charge is 0.397 e. The first-order valence-electron chi connectivity index (χ1n) is 11.5. The van der Waals surface area contributed by atoms with Crippen LogP contribution in [0, 0.1) is 0 Å². The average Bonchev–Trinajstić information content (AvgIpc) is 2.95. The molecule has 0 saturated heterocycles. The largest absolute Gasteiger partial charge is 0.504 e. The second-order valence-electron chi connectivity index (χ2n) is 8.18. The number of hydrogen-bond donors (Lipinski definition) is 6. The van der Waals surface area contributed by atoms with Crippen molar-refractivity contribution in [3.05, 3.63) is 71.8 Å². The molecule has 0 heterocycles. The molecule has 0 aliphatic rings. The van der Waals surface area contributed by atoms with E-state index in [0.29, 0.717) is 24.2 Å². The Bertz CT molecular complexity index is 1950. The zero-order valence-corrected chi connectivity index (χ0v) is 25.2. The molecule has 0 spiro atoms. The lowest BCUT2D eigenvalue weighted by atomic mass is 10.2. The number of phenolic OH excluding ortho intramolecular Hbond substituents is 1. The number of sulfone groups is 1. The van der Waals surface area contributed by atoms with E-state index >= 15 is 0 Å². The number of anilines is 1. The van der Waals surface area contributed by atoms with Crippen molar-refractivity contribution in [2.75, 3.05) is 17.8 Å². The van der Waals surface area contributed by atoms with Gasteiger partial charge in [-0.15, -0.1) is 14.6 Å². The summed E-state index contributed by atoms with van der Waals surface area (Å²) in [5.74, 6) is -3.97. The van der Waals surface area contributed by atoms with Gasteiger partial charge in [0.15, 0.2) is 15.6 Å². The standard InChI is InChI=1S/C22H20N4O15S4/c27-20-18(11-15(12-19(20)44(33,34)35)43(31,32)9-8-39-45(36,37)38)24-26-21(13-4-2-1-3-5-13)25-23-17-10-14(42-41-40-30)6-7-16(17)22(28)29/h1-7,10-12,24,27,30H,8-9H2,(H,28,29)(H,33,34,35)(H,36,37,38). The lowest BCUT2D eigenvalue weighted by Gasteiger charge is -2.12. The van der Waals surface area contributed by atoms with Crippen molar-refractivity contribution in [1.29, 1.82) is 0 Å². The summed E-state index contributed by atoms with van der Waals surface area (Å²) in [6.07, 6.45) is 0. The number of hydrazone groups is 1. The number of phenols is 1. The Morgan fingerprint density at radius 3 is 2.24 bits per heavy atom. The lowest BCUT2D eigenvalue weighted by molar-refractivity contribution is -0.432. The molecule has 0 atom stereocenters. The van der Waals surface area contributed by atoms with Crippen molar-refractivity contribution in [3.63, 3.8) is 0 Å². The number of benzene rings is 3. The van der Waals surface area contributed by atoms with Crippen LogP contribution >= 0.6 is 12.0 Å². The third kappa shape index (κ3) is 10.2. The van der Waals surface area contributed by atoms with Crippen LogP contribution in [0.1, 0.15) is 15.9 Å². The maximum atomic E-state index is 12.8. The van der Waals surface area contributed by atoms with Gasteiger partial charge in [-0.2, -0.15) is 21.9 Å². The quantitative estimate of drug-likeness (QED) is 0.0205. The van der Waals surface area contributed by atoms with Crippen LogP contribution in [0.5, 0.6) is 5.75 Å². The highest BCUT2D eigenvalue weighted by Gasteiger charge is 2.26. The van der Waals surface area contributed by atoms with Crippen LogP contribution < -0.4 is 5.43 Å². The summed E-state index contributed by atoms with van der Waals surface area (Å²) in [6.45, 7) is -1.07.